The van der Waals surface area contributed by atoms with Crippen LogP contribution in [0.15, 0.2) is 24.3 Å². The van der Waals surface area contributed by atoms with Crippen LogP contribution in [0.4, 0.5) is 0 Å². The highest BCUT2D eigenvalue weighted by molar-refractivity contribution is 5.82. The molecule has 1 saturated heterocycles. The number of benzene rings is 1. The summed E-state index contributed by atoms with van der Waals surface area (Å²) in [6.45, 7) is 7.18. The van der Waals surface area contributed by atoms with E-state index in [0.717, 1.165) is 30.4 Å². The van der Waals surface area contributed by atoms with Gasteiger partial charge >= 0.3 is 5.97 Å². The van der Waals surface area contributed by atoms with Crippen LogP contribution in [-0.2, 0) is 19.1 Å². The van der Waals surface area contributed by atoms with Crippen molar-refractivity contribution in [2.75, 3.05) is 6.61 Å². The van der Waals surface area contributed by atoms with Crippen LogP contribution in [0.1, 0.15) is 63.6 Å². The monoisotopic (exact) mass is 374 g/mol. The SMILES string of the molecule is CC(=O)NC(CC(=O)OCC(=O)N1C(C)CCCC1C)c1ccc(C)cc1. The largest absolute Gasteiger partial charge is 0.455 e. The van der Waals surface area contributed by atoms with E-state index in [9.17, 15) is 14.4 Å². The van der Waals surface area contributed by atoms with E-state index in [1.165, 1.54) is 6.92 Å². The molecule has 0 radical (unpaired) electrons. The van der Waals surface area contributed by atoms with Gasteiger partial charge in [-0.3, -0.25) is 14.4 Å². The summed E-state index contributed by atoms with van der Waals surface area (Å²) in [5.41, 5.74) is 1.93. The van der Waals surface area contributed by atoms with Crippen molar-refractivity contribution in [3.63, 3.8) is 0 Å². The van der Waals surface area contributed by atoms with Crippen LogP contribution in [0.25, 0.3) is 0 Å². The molecule has 0 aromatic heterocycles. The maximum Gasteiger partial charge on any atom is 0.308 e. The molecule has 1 aliphatic heterocycles. The molecule has 3 atom stereocenters. The second-order valence-corrected chi connectivity index (χ2v) is 7.46. The van der Waals surface area contributed by atoms with Crippen LogP contribution in [0.3, 0.4) is 0 Å². The average Bonchev–Trinajstić information content (AvgIpc) is 2.59. The number of esters is 1. The molecule has 1 aromatic carbocycles. The number of aryl methyl sites for hydroxylation is 1. The molecule has 2 amide bonds. The molecular weight excluding hydrogens is 344 g/mol. The zero-order chi connectivity index (χ0) is 20.0. The minimum atomic E-state index is -0.500. The number of rotatable bonds is 6. The number of nitrogens with zero attached hydrogens (tertiary/aromatic N) is 1. The van der Waals surface area contributed by atoms with Gasteiger partial charge < -0.3 is 15.0 Å². The highest BCUT2D eigenvalue weighted by Gasteiger charge is 2.29. The number of nitrogens with one attached hydrogen (secondary N) is 1. The Morgan fingerprint density at radius 1 is 1.15 bits per heavy atom. The van der Waals surface area contributed by atoms with Crippen LogP contribution in [0.5, 0.6) is 0 Å². The number of carbonyl (C=O) groups excluding carboxylic acids is 3. The predicted octanol–water partition coefficient (Wildman–Crippen LogP) is 2.90. The van der Waals surface area contributed by atoms with Crippen LogP contribution in [0.2, 0.25) is 0 Å². The Balaban J connectivity index is 1.94. The lowest BCUT2D eigenvalue weighted by Gasteiger charge is -2.38. The molecule has 0 bridgehead atoms. The molecule has 1 fully saturated rings. The number of piperidine rings is 1. The summed E-state index contributed by atoms with van der Waals surface area (Å²) < 4.78 is 5.23. The van der Waals surface area contributed by atoms with E-state index >= 15 is 0 Å². The first kappa shape index (κ1) is 20.9. The third-order valence-electron chi connectivity index (χ3n) is 5.07. The first-order valence-electron chi connectivity index (χ1n) is 9.58. The molecule has 148 valence electrons. The van der Waals surface area contributed by atoms with E-state index in [4.69, 9.17) is 4.74 Å². The average molecular weight is 374 g/mol. The number of amides is 2. The van der Waals surface area contributed by atoms with Gasteiger partial charge in [-0.1, -0.05) is 29.8 Å². The minimum Gasteiger partial charge on any atom is -0.455 e. The zero-order valence-corrected chi connectivity index (χ0v) is 16.7. The van der Waals surface area contributed by atoms with Gasteiger partial charge in [0, 0.05) is 19.0 Å². The van der Waals surface area contributed by atoms with Gasteiger partial charge in [0.25, 0.3) is 5.91 Å². The molecular formula is C21H30N2O4. The lowest BCUT2D eigenvalue weighted by Crippen LogP contribution is -2.49. The van der Waals surface area contributed by atoms with E-state index in [1.807, 2.05) is 49.9 Å². The summed E-state index contributed by atoms with van der Waals surface area (Å²) in [4.78, 5) is 38.1. The van der Waals surface area contributed by atoms with Gasteiger partial charge in [-0.15, -0.1) is 0 Å². The summed E-state index contributed by atoms with van der Waals surface area (Å²) in [6, 6.07) is 7.48. The Kier molecular flexibility index (Phi) is 7.39. The molecule has 1 heterocycles. The van der Waals surface area contributed by atoms with Gasteiger partial charge in [0.15, 0.2) is 6.61 Å². The molecule has 0 spiro atoms. The summed E-state index contributed by atoms with van der Waals surface area (Å²) in [5, 5.41) is 2.78. The first-order valence-corrected chi connectivity index (χ1v) is 9.58. The molecule has 6 heteroatoms. The van der Waals surface area contributed by atoms with E-state index < -0.39 is 12.0 Å². The first-order chi connectivity index (χ1) is 12.8. The lowest BCUT2D eigenvalue weighted by molar-refractivity contribution is -0.155. The smallest absolute Gasteiger partial charge is 0.308 e. The summed E-state index contributed by atoms with van der Waals surface area (Å²) in [6.07, 6.45) is 3.05. The molecule has 0 aliphatic carbocycles. The fraction of sp³-hybridized carbons (Fsp3) is 0.571. The Hall–Kier alpha value is -2.37. The molecule has 0 saturated carbocycles. The molecule has 6 nitrogen and oxygen atoms in total. The number of carbonyl (C=O) groups is 3. The van der Waals surface area contributed by atoms with Gasteiger partial charge in [0.05, 0.1) is 12.5 Å². The third kappa shape index (κ3) is 6.08. The van der Waals surface area contributed by atoms with Crippen molar-refractivity contribution in [2.45, 2.75) is 71.5 Å². The zero-order valence-electron chi connectivity index (χ0n) is 16.7. The third-order valence-corrected chi connectivity index (χ3v) is 5.07. The maximum atomic E-state index is 12.5. The lowest BCUT2D eigenvalue weighted by atomic mass is 9.97. The van der Waals surface area contributed by atoms with Crippen molar-refractivity contribution in [3.05, 3.63) is 35.4 Å². The molecule has 27 heavy (non-hydrogen) atoms. The molecule has 1 aromatic rings. The van der Waals surface area contributed by atoms with Gasteiger partial charge in [-0.25, -0.2) is 0 Å². The Morgan fingerprint density at radius 2 is 1.74 bits per heavy atom. The number of hydrogen-bond donors (Lipinski definition) is 1. The van der Waals surface area contributed by atoms with Crippen molar-refractivity contribution >= 4 is 17.8 Å². The number of hydrogen-bond acceptors (Lipinski definition) is 4. The Morgan fingerprint density at radius 3 is 2.30 bits per heavy atom. The van der Waals surface area contributed by atoms with Crippen molar-refractivity contribution in [3.8, 4) is 0 Å². The standard InChI is InChI=1S/C21H30N2O4/c1-14-8-10-18(11-9-14)19(22-17(4)24)12-21(26)27-13-20(25)23-15(2)6-5-7-16(23)3/h8-11,15-16,19H,5-7,12-13H2,1-4H3,(H,22,24). The molecule has 2 rings (SSSR count). The van der Waals surface area contributed by atoms with Crippen molar-refractivity contribution in [2.24, 2.45) is 0 Å². The van der Waals surface area contributed by atoms with Crippen molar-refractivity contribution in [1.29, 1.82) is 0 Å². The summed E-state index contributed by atoms with van der Waals surface area (Å²) >= 11 is 0. The van der Waals surface area contributed by atoms with E-state index in [1.54, 1.807) is 0 Å². The maximum absolute atomic E-state index is 12.5. The summed E-state index contributed by atoms with van der Waals surface area (Å²) in [7, 11) is 0. The van der Waals surface area contributed by atoms with Crippen LogP contribution < -0.4 is 5.32 Å². The summed E-state index contributed by atoms with van der Waals surface area (Å²) in [5.74, 6) is -0.880. The number of likely N-dealkylation sites (tertiary alicyclic amines) is 1. The van der Waals surface area contributed by atoms with Crippen LogP contribution in [-0.4, -0.2) is 41.4 Å². The minimum absolute atomic E-state index is 0.0129. The fourth-order valence-corrected chi connectivity index (χ4v) is 3.65. The van der Waals surface area contributed by atoms with Crippen molar-refractivity contribution in [1.82, 2.24) is 10.2 Å². The van der Waals surface area contributed by atoms with Gasteiger partial charge in [0.1, 0.15) is 0 Å². The molecule has 3 unspecified atom stereocenters. The molecule has 1 N–H and O–H groups in total. The van der Waals surface area contributed by atoms with Gasteiger partial charge in [-0.2, -0.15) is 0 Å². The second-order valence-electron chi connectivity index (χ2n) is 7.46. The van der Waals surface area contributed by atoms with Gasteiger partial charge in [-0.05, 0) is 45.6 Å². The molecule has 1 aliphatic rings. The van der Waals surface area contributed by atoms with Crippen LogP contribution in [0, 0.1) is 6.92 Å². The van der Waals surface area contributed by atoms with E-state index in [0.29, 0.717) is 0 Å². The van der Waals surface area contributed by atoms with Gasteiger partial charge in [0.2, 0.25) is 5.91 Å². The Labute approximate surface area is 161 Å². The normalized spacial score (nSPS) is 20.7. The Bertz CT molecular complexity index is 661. The quantitative estimate of drug-likeness (QED) is 0.777. The fourth-order valence-electron chi connectivity index (χ4n) is 3.65. The van der Waals surface area contributed by atoms with Crippen LogP contribution >= 0.6 is 0 Å². The number of ether oxygens (including phenoxy) is 1. The highest BCUT2D eigenvalue weighted by Crippen LogP contribution is 2.23. The second kappa shape index (κ2) is 9.53. The predicted molar refractivity (Wildman–Crippen MR) is 103 cm³/mol. The van der Waals surface area contributed by atoms with E-state index in [-0.39, 0.29) is 36.9 Å². The van der Waals surface area contributed by atoms with E-state index in [2.05, 4.69) is 5.32 Å². The topological polar surface area (TPSA) is 75.7 Å². The highest BCUT2D eigenvalue weighted by atomic mass is 16.5. The van der Waals surface area contributed by atoms with Crippen molar-refractivity contribution < 1.29 is 19.1 Å².